The summed E-state index contributed by atoms with van der Waals surface area (Å²) < 4.78 is 34.6. The lowest BCUT2D eigenvalue weighted by Crippen LogP contribution is -2.47. The van der Waals surface area contributed by atoms with E-state index in [1.165, 1.54) is 0 Å². The maximum absolute atomic E-state index is 12.8. The lowest BCUT2D eigenvalue weighted by atomic mass is 10.0. The zero-order valence-corrected chi connectivity index (χ0v) is 16.1. The first-order valence-corrected chi connectivity index (χ1v) is 10.9. The van der Waals surface area contributed by atoms with Gasteiger partial charge in [0.1, 0.15) is 5.75 Å². The summed E-state index contributed by atoms with van der Waals surface area (Å²) in [4.78, 5) is 4.38. The highest BCUT2D eigenvalue weighted by Crippen LogP contribution is 2.25. The normalized spacial score (nSPS) is 22.1. The number of ether oxygens (including phenoxy) is 1. The minimum absolute atomic E-state index is 0.198. The predicted molar refractivity (Wildman–Crippen MR) is 101 cm³/mol. The maximum Gasteiger partial charge on any atom is 0.281 e. The molecular weight excluding hydrogens is 366 g/mol. The molecule has 146 valence electrons. The number of aromatic nitrogens is 3. The molecule has 4 heterocycles. The van der Waals surface area contributed by atoms with Crippen LogP contribution in [0.5, 0.6) is 5.75 Å². The molecule has 1 N–H and O–H groups in total. The summed E-state index contributed by atoms with van der Waals surface area (Å²) in [7, 11) is -3.32. The van der Waals surface area contributed by atoms with Gasteiger partial charge in [0.05, 0.1) is 24.2 Å². The maximum atomic E-state index is 12.8. The standard InChI is InChI=1S/C18H25N5O3S/c24-27(25,22-9-1-2-10-22)23-11-3-4-15(13-23)14-26-16-5-6-17(19-12-16)18-7-8-20-21-18/h5-8,12,15H,1-4,9-11,13-14H2,(H,20,21)/t15-/m1/s1. The van der Waals surface area contributed by atoms with Crippen molar-refractivity contribution in [1.29, 1.82) is 0 Å². The van der Waals surface area contributed by atoms with Gasteiger partial charge >= 0.3 is 0 Å². The molecule has 9 heteroatoms. The van der Waals surface area contributed by atoms with Crippen molar-refractivity contribution in [1.82, 2.24) is 23.8 Å². The number of piperidine rings is 1. The lowest BCUT2D eigenvalue weighted by molar-refractivity contribution is 0.175. The van der Waals surface area contributed by atoms with Crippen molar-refractivity contribution >= 4 is 10.2 Å². The quantitative estimate of drug-likeness (QED) is 0.812. The Bertz CT molecular complexity index is 832. The van der Waals surface area contributed by atoms with Crippen LogP contribution in [-0.4, -0.2) is 65.0 Å². The third-order valence-electron chi connectivity index (χ3n) is 5.20. The summed E-state index contributed by atoms with van der Waals surface area (Å²) >= 11 is 0. The Hall–Kier alpha value is -1.97. The molecule has 0 spiro atoms. The first kappa shape index (κ1) is 18.4. The molecule has 0 amide bonds. The topological polar surface area (TPSA) is 91.4 Å². The average molecular weight is 391 g/mol. The number of rotatable bonds is 6. The molecule has 2 aliphatic rings. The number of hydrogen-bond acceptors (Lipinski definition) is 5. The minimum atomic E-state index is -3.32. The van der Waals surface area contributed by atoms with Gasteiger partial charge in [0.2, 0.25) is 0 Å². The van der Waals surface area contributed by atoms with Gasteiger partial charge in [0.25, 0.3) is 10.2 Å². The number of nitrogens with one attached hydrogen (secondary N) is 1. The number of aromatic amines is 1. The highest BCUT2D eigenvalue weighted by molar-refractivity contribution is 7.86. The van der Waals surface area contributed by atoms with Crippen molar-refractivity contribution in [3.63, 3.8) is 0 Å². The summed E-state index contributed by atoms with van der Waals surface area (Å²) in [6, 6.07) is 5.62. The van der Waals surface area contributed by atoms with Crippen LogP contribution in [-0.2, 0) is 10.2 Å². The molecule has 0 aromatic carbocycles. The second-order valence-corrected chi connectivity index (χ2v) is 9.07. The number of H-pyrrole nitrogens is 1. The van der Waals surface area contributed by atoms with Gasteiger partial charge in [-0.3, -0.25) is 10.1 Å². The average Bonchev–Trinajstić information content (AvgIpc) is 3.41. The van der Waals surface area contributed by atoms with Crippen molar-refractivity contribution in [2.24, 2.45) is 5.92 Å². The van der Waals surface area contributed by atoms with E-state index in [2.05, 4.69) is 15.2 Å². The van der Waals surface area contributed by atoms with Gasteiger partial charge in [-0.1, -0.05) is 0 Å². The Morgan fingerprint density at radius 2 is 1.93 bits per heavy atom. The van der Waals surface area contributed by atoms with E-state index in [-0.39, 0.29) is 5.92 Å². The van der Waals surface area contributed by atoms with E-state index in [0.29, 0.717) is 38.5 Å². The Morgan fingerprint density at radius 3 is 2.63 bits per heavy atom. The fourth-order valence-corrected chi connectivity index (χ4v) is 5.50. The molecule has 2 aromatic rings. The Balaban J connectivity index is 1.33. The molecule has 2 aromatic heterocycles. The largest absolute Gasteiger partial charge is 0.492 e. The first-order chi connectivity index (χ1) is 13.1. The monoisotopic (exact) mass is 391 g/mol. The fraction of sp³-hybridized carbons (Fsp3) is 0.556. The molecule has 0 bridgehead atoms. The zero-order chi connectivity index (χ0) is 18.7. The van der Waals surface area contributed by atoms with Crippen LogP contribution in [0, 0.1) is 5.92 Å². The van der Waals surface area contributed by atoms with Crippen molar-refractivity contribution < 1.29 is 13.2 Å². The van der Waals surface area contributed by atoms with E-state index in [0.717, 1.165) is 37.1 Å². The van der Waals surface area contributed by atoms with Gasteiger partial charge in [-0.25, -0.2) is 0 Å². The van der Waals surface area contributed by atoms with E-state index in [4.69, 9.17) is 4.74 Å². The second-order valence-electron chi connectivity index (χ2n) is 7.14. The fourth-order valence-electron chi connectivity index (χ4n) is 3.69. The summed E-state index contributed by atoms with van der Waals surface area (Å²) in [5, 5.41) is 6.80. The van der Waals surface area contributed by atoms with Gasteiger partial charge in [-0.05, 0) is 43.9 Å². The van der Waals surface area contributed by atoms with Crippen LogP contribution in [0.25, 0.3) is 11.4 Å². The highest BCUT2D eigenvalue weighted by Gasteiger charge is 2.35. The van der Waals surface area contributed by atoms with E-state index in [9.17, 15) is 8.42 Å². The highest BCUT2D eigenvalue weighted by atomic mass is 32.2. The molecule has 4 rings (SSSR count). The van der Waals surface area contributed by atoms with Crippen molar-refractivity contribution in [2.45, 2.75) is 25.7 Å². The summed E-state index contributed by atoms with van der Waals surface area (Å²) in [6.45, 7) is 2.92. The van der Waals surface area contributed by atoms with E-state index in [1.54, 1.807) is 21.0 Å². The Morgan fingerprint density at radius 1 is 1.11 bits per heavy atom. The third-order valence-corrected chi connectivity index (χ3v) is 7.20. The number of nitrogens with zero attached hydrogens (tertiary/aromatic N) is 4. The molecule has 2 fully saturated rings. The van der Waals surface area contributed by atoms with Gasteiger partial charge in [0.15, 0.2) is 0 Å². The predicted octanol–water partition coefficient (Wildman–Crippen LogP) is 1.90. The molecule has 2 aliphatic heterocycles. The lowest BCUT2D eigenvalue weighted by Gasteiger charge is -2.34. The van der Waals surface area contributed by atoms with Crippen LogP contribution in [0.1, 0.15) is 25.7 Å². The van der Waals surface area contributed by atoms with Crippen LogP contribution in [0.15, 0.2) is 30.6 Å². The van der Waals surface area contributed by atoms with Crippen molar-refractivity contribution in [3.05, 3.63) is 30.6 Å². The molecule has 0 radical (unpaired) electrons. The molecule has 1 atom stereocenters. The van der Waals surface area contributed by atoms with Crippen LogP contribution in [0.2, 0.25) is 0 Å². The van der Waals surface area contributed by atoms with E-state index >= 15 is 0 Å². The number of hydrogen-bond donors (Lipinski definition) is 1. The van der Waals surface area contributed by atoms with Crippen LogP contribution in [0.3, 0.4) is 0 Å². The first-order valence-electron chi connectivity index (χ1n) is 9.47. The van der Waals surface area contributed by atoms with Gasteiger partial charge < -0.3 is 4.74 Å². The van der Waals surface area contributed by atoms with Crippen LogP contribution in [0.4, 0.5) is 0 Å². The Kier molecular flexibility index (Phi) is 5.42. The summed E-state index contributed by atoms with van der Waals surface area (Å²) in [6.07, 6.45) is 7.15. The van der Waals surface area contributed by atoms with Crippen LogP contribution < -0.4 is 4.74 Å². The zero-order valence-electron chi connectivity index (χ0n) is 15.2. The van der Waals surface area contributed by atoms with E-state index in [1.807, 2.05) is 18.2 Å². The molecule has 2 saturated heterocycles. The third kappa shape index (κ3) is 4.15. The summed E-state index contributed by atoms with van der Waals surface area (Å²) in [5.74, 6) is 0.890. The SMILES string of the molecule is O=S(=O)(N1CCCC1)N1CCC[C@@H](COc2ccc(-c3ccn[nH]3)nc2)C1. The minimum Gasteiger partial charge on any atom is -0.492 e. The van der Waals surface area contributed by atoms with Gasteiger partial charge in [-0.15, -0.1) is 0 Å². The Labute approximate surface area is 159 Å². The van der Waals surface area contributed by atoms with E-state index < -0.39 is 10.2 Å². The molecule has 0 unspecified atom stereocenters. The molecular formula is C18H25N5O3S. The summed E-state index contributed by atoms with van der Waals surface area (Å²) in [5.41, 5.74) is 1.66. The molecule has 8 nitrogen and oxygen atoms in total. The van der Waals surface area contributed by atoms with Gasteiger partial charge in [0, 0.05) is 38.3 Å². The smallest absolute Gasteiger partial charge is 0.281 e. The second kappa shape index (κ2) is 7.95. The molecule has 0 aliphatic carbocycles. The number of pyridine rings is 1. The molecule has 27 heavy (non-hydrogen) atoms. The van der Waals surface area contributed by atoms with Gasteiger partial charge in [-0.2, -0.15) is 22.1 Å². The van der Waals surface area contributed by atoms with Crippen molar-refractivity contribution in [2.75, 3.05) is 32.8 Å². The van der Waals surface area contributed by atoms with Crippen LogP contribution >= 0.6 is 0 Å². The molecule has 0 saturated carbocycles. The van der Waals surface area contributed by atoms with Crippen molar-refractivity contribution in [3.8, 4) is 17.1 Å².